The Kier molecular flexibility index (Phi) is 6.93. The van der Waals surface area contributed by atoms with E-state index in [1.165, 1.54) is 24.3 Å². The molecule has 0 atom stereocenters. The molecule has 3 aromatic rings. The molecule has 1 aromatic heterocycles. The van der Waals surface area contributed by atoms with E-state index < -0.39 is 5.97 Å². The molecule has 0 radical (unpaired) electrons. The number of thiazole rings is 1. The molecule has 1 fully saturated rings. The lowest BCUT2D eigenvalue weighted by molar-refractivity contribution is -0.132. The molecule has 7 nitrogen and oxygen atoms in total. The van der Waals surface area contributed by atoms with Crippen molar-refractivity contribution in [3.05, 3.63) is 53.6 Å². The fourth-order valence-electron chi connectivity index (χ4n) is 3.73. The van der Waals surface area contributed by atoms with Crippen LogP contribution in [0.1, 0.15) is 25.0 Å². The number of aryl methyl sites for hydroxylation is 1. The minimum atomic E-state index is -0.414. The molecule has 2 aromatic carbocycles. The molecule has 1 amide bonds. The maximum absolute atomic E-state index is 12.7. The van der Waals surface area contributed by atoms with Gasteiger partial charge in [-0.2, -0.15) is 0 Å². The lowest BCUT2D eigenvalue weighted by Gasteiger charge is -2.34. The molecule has 1 aliphatic heterocycles. The summed E-state index contributed by atoms with van der Waals surface area (Å²) in [5.41, 5.74) is 3.14. The Hall–Kier alpha value is -3.39. The Morgan fingerprint density at radius 2 is 1.88 bits per heavy atom. The molecule has 172 valence electrons. The summed E-state index contributed by atoms with van der Waals surface area (Å²) in [5, 5.41) is 1.01. The third kappa shape index (κ3) is 5.34. The number of hydrogen-bond acceptors (Lipinski definition) is 7. The van der Waals surface area contributed by atoms with Crippen molar-refractivity contribution in [2.45, 2.75) is 20.3 Å². The first-order valence-electron chi connectivity index (χ1n) is 10.9. The number of fused-ring (bicyclic) bond motifs is 1. The van der Waals surface area contributed by atoms with Crippen LogP contribution >= 0.6 is 11.3 Å². The van der Waals surface area contributed by atoms with Crippen molar-refractivity contribution in [1.29, 1.82) is 0 Å². The Bertz CT molecular complexity index is 1200. The summed E-state index contributed by atoms with van der Waals surface area (Å²) in [4.78, 5) is 32.8. The molecule has 8 heteroatoms. The van der Waals surface area contributed by atoms with E-state index in [1.54, 1.807) is 41.7 Å². The summed E-state index contributed by atoms with van der Waals surface area (Å²) in [6.45, 7) is 6.30. The number of benzene rings is 2. The summed E-state index contributed by atoms with van der Waals surface area (Å²) in [7, 11) is 1.51. The average Bonchev–Trinajstić information content (AvgIpc) is 3.26. The smallest absolute Gasteiger partial charge is 0.308 e. The van der Waals surface area contributed by atoms with Gasteiger partial charge in [0.2, 0.25) is 5.91 Å². The Morgan fingerprint density at radius 3 is 2.58 bits per heavy atom. The van der Waals surface area contributed by atoms with Gasteiger partial charge in [0.05, 0.1) is 17.3 Å². The third-order valence-electron chi connectivity index (χ3n) is 5.57. The average molecular weight is 466 g/mol. The Morgan fingerprint density at radius 1 is 1.09 bits per heavy atom. The van der Waals surface area contributed by atoms with Crippen LogP contribution in [0.25, 0.3) is 16.3 Å². The largest absolute Gasteiger partial charge is 0.493 e. The van der Waals surface area contributed by atoms with Gasteiger partial charge in [0, 0.05) is 39.2 Å². The minimum Gasteiger partial charge on any atom is -0.493 e. The van der Waals surface area contributed by atoms with E-state index in [0.717, 1.165) is 35.7 Å². The molecule has 33 heavy (non-hydrogen) atoms. The second kappa shape index (κ2) is 10.0. The summed E-state index contributed by atoms with van der Waals surface area (Å²) in [6.07, 6.45) is 4.33. The van der Waals surface area contributed by atoms with Crippen molar-refractivity contribution in [1.82, 2.24) is 9.88 Å². The van der Waals surface area contributed by atoms with E-state index in [4.69, 9.17) is 14.5 Å². The Balaban J connectivity index is 1.36. The van der Waals surface area contributed by atoms with Gasteiger partial charge in [0.1, 0.15) is 0 Å². The molecule has 4 rings (SSSR count). The predicted molar refractivity (Wildman–Crippen MR) is 131 cm³/mol. The fraction of sp³-hybridized carbons (Fsp3) is 0.320. The maximum atomic E-state index is 12.7. The molecule has 0 bridgehead atoms. The second-order valence-electron chi connectivity index (χ2n) is 7.80. The van der Waals surface area contributed by atoms with Gasteiger partial charge in [0.15, 0.2) is 16.6 Å². The number of methoxy groups -OCH3 is 1. The van der Waals surface area contributed by atoms with Crippen molar-refractivity contribution in [3.63, 3.8) is 0 Å². The molecule has 1 saturated heterocycles. The molecule has 0 aliphatic carbocycles. The van der Waals surface area contributed by atoms with Crippen LogP contribution in [0.4, 0.5) is 5.13 Å². The van der Waals surface area contributed by atoms with Gasteiger partial charge in [-0.1, -0.05) is 30.4 Å². The molecule has 0 saturated carbocycles. The van der Waals surface area contributed by atoms with Crippen LogP contribution in [0.15, 0.2) is 42.5 Å². The van der Waals surface area contributed by atoms with Gasteiger partial charge in [0.25, 0.3) is 0 Å². The molecule has 0 spiro atoms. The highest BCUT2D eigenvalue weighted by Gasteiger charge is 2.22. The zero-order valence-corrected chi connectivity index (χ0v) is 19.9. The monoisotopic (exact) mass is 465 g/mol. The van der Waals surface area contributed by atoms with Crippen molar-refractivity contribution >= 4 is 44.6 Å². The molecular formula is C25H27N3O4S. The van der Waals surface area contributed by atoms with Crippen LogP contribution in [-0.4, -0.2) is 55.0 Å². The summed E-state index contributed by atoms with van der Waals surface area (Å²) < 4.78 is 11.6. The highest BCUT2D eigenvalue weighted by Crippen LogP contribution is 2.31. The highest BCUT2D eigenvalue weighted by atomic mass is 32.1. The number of aromatic nitrogens is 1. The minimum absolute atomic E-state index is 0.0328. The topological polar surface area (TPSA) is 72.0 Å². The van der Waals surface area contributed by atoms with Crippen molar-refractivity contribution in [3.8, 4) is 11.5 Å². The van der Waals surface area contributed by atoms with Gasteiger partial charge < -0.3 is 19.3 Å². The zero-order valence-electron chi connectivity index (χ0n) is 19.0. The van der Waals surface area contributed by atoms with E-state index in [0.29, 0.717) is 24.6 Å². The lowest BCUT2D eigenvalue weighted by Crippen LogP contribution is -2.48. The number of rotatable bonds is 6. The first-order chi connectivity index (χ1) is 16.0. The summed E-state index contributed by atoms with van der Waals surface area (Å²) in [5.74, 6) is 0.345. The van der Waals surface area contributed by atoms with E-state index in [2.05, 4.69) is 30.0 Å². The van der Waals surface area contributed by atoms with E-state index >= 15 is 0 Å². The first-order valence-corrected chi connectivity index (χ1v) is 11.8. The van der Waals surface area contributed by atoms with E-state index in [1.807, 2.05) is 4.90 Å². The zero-order chi connectivity index (χ0) is 23.4. The van der Waals surface area contributed by atoms with Gasteiger partial charge in [-0.05, 0) is 47.9 Å². The molecule has 2 heterocycles. The molecule has 0 unspecified atom stereocenters. The fourth-order valence-corrected chi connectivity index (χ4v) is 4.81. The van der Waals surface area contributed by atoms with E-state index in [9.17, 15) is 9.59 Å². The standard InChI is InChI=1S/C25H27N3O4S/c1-4-18-5-8-20-23(16-18)33-25(26-20)28-13-11-27(12-14-28)24(30)10-7-19-6-9-21(32-17(2)29)22(15-19)31-3/h5-10,15-16H,4,11-14H2,1-3H3/b10-7+. The van der Waals surface area contributed by atoms with Crippen LogP contribution in [0.3, 0.4) is 0 Å². The SMILES string of the molecule is CCc1ccc2nc(N3CCN(C(=O)/C=C/c4ccc(OC(C)=O)c(OC)c4)CC3)sc2c1. The number of piperazine rings is 1. The summed E-state index contributed by atoms with van der Waals surface area (Å²) in [6, 6.07) is 11.6. The number of ether oxygens (including phenoxy) is 2. The third-order valence-corrected chi connectivity index (χ3v) is 6.65. The second-order valence-corrected chi connectivity index (χ2v) is 8.81. The number of carbonyl (C=O) groups is 2. The van der Waals surface area contributed by atoms with Crippen LogP contribution in [-0.2, 0) is 16.0 Å². The van der Waals surface area contributed by atoms with Crippen molar-refractivity contribution in [2.75, 3.05) is 38.2 Å². The van der Waals surface area contributed by atoms with Gasteiger partial charge in [-0.15, -0.1) is 0 Å². The van der Waals surface area contributed by atoms with Crippen LogP contribution in [0.5, 0.6) is 11.5 Å². The summed E-state index contributed by atoms with van der Waals surface area (Å²) >= 11 is 1.71. The van der Waals surface area contributed by atoms with Crippen LogP contribution in [0.2, 0.25) is 0 Å². The maximum Gasteiger partial charge on any atom is 0.308 e. The lowest BCUT2D eigenvalue weighted by atomic mass is 10.2. The van der Waals surface area contributed by atoms with Gasteiger partial charge >= 0.3 is 5.97 Å². The van der Waals surface area contributed by atoms with Crippen LogP contribution < -0.4 is 14.4 Å². The van der Waals surface area contributed by atoms with E-state index in [-0.39, 0.29) is 5.91 Å². The number of hydrogen-bond donors (Lipinski definition) is 0. The van der Waals surface area contributed by atoms with Crippen molar-refractivity contribution < 1.29 is 19.1 Å². The Labute approximate surface area is 197 Å². The highest BCUT2D eigenvalue weighted by molar-refractivity contribution is 7.22. The van der Waals surface area contributed by atoms with Gasteiger partial charge in [-0.3, -0.25) is 9.59 Å². The predicted octanol–water partition coefficient (Wildman–Crippen LogP) is 4.15. The number of amides is 1. The molecule has 1 aliphatic rings. The quantitative estimate of drug-likeness (QED) is 0.309. The number of nitrogens with zero attached hydrogens (tertiary/aromatic N) is 3. The van der Waals surface area contributed by atoms with Crippen molar-refractivity contribution in [2.24, 2.45) is 0 Å². The number of esters is 1. The molecule has 0 N–H and O–H groups in total. The number of carbonyl (C=O) groups excluding carboxylic acids is 2. The molecular weight excluding hydrogens is 438 g/mol. The van der Waals surface area contributed by atoms with Gasteiger partial charge in [-0.25, -0.2) is 4.98 Å². The normalized spacial score (nSPS) is 14.2. The number of anilines is 1. The van der Waals surface area contributed by atoms with Crippen LogP contribution in [0, 0.1) is 0 Å². The first kappa shape index (κ1) is 22.8.